The number of hydrogen-bond acceptors (Lipinski definition) is 4. The minimum atomic E-state index is -0.0666. The molecule has 5 nitrogen and oxygen atoms in total. The largest absolute Gasteiger partial charge is 0.439 e. The number of rotatable bonds is 7. The van der Waals surface area contributed by atoms with Crippen LogP contribution in [0.3, 0.4) is 0 Å². The number of benzene rings is 2. The quantitative estimate of drug-likeness (QED) is 0.529. The second kappa shape index (κ2) is 9.83. The molecule has 1 heterocycles. The van der Waals surface area contributed by atoms with E-state index in [-0.39, 0.29) is 5.91 Å². The molecule has 0 saturated heterocycles. The molecule has 0 fully saturated rings. The first-order chi connectivity index (χ1) is 14.8. The molecule has 0 aliphatic heterocycles. The molecule has 1 aliphatic rings. The van der Waals surface area contributed by atoms with Crippen LogP contribution in [0.15, 0.2) is 78.6 Å². The van der Waals surface area contributed by atoms with Crippen LogP contribution >= 0.6 is 0 Å². The number of para-hydroxylation sites is 1. The Balaban J connectivity index is 1.42. The molecule has 0 radical (unpaired) electrons. The van der Waals surface area contributed by atoms with Gasteiger partial charge < -0.3 is 10.1 Å². The predicted molar refractivity (Wildman–Crippen MR) is 117 cm³/mol. The van der Waals surface area contributed by atoms with E-state index in [9.17, 15) is 4.79 Å². The van der Waals surface area contributed by atoms with E-state index in [0.717, 1.165) is 18.4 Å². The van der Waals surface area contributed by atoms with Gasteiger partial charge in [0.15, 0.2) is 0 Å². The second-order valence-electron chi connectivity index (χ2n) is 7.35. The Hall–Kier alpha value is -3.47. The molecular formula is C25H25N3O2. The van der Waals surface area contributed by atoms with Gasteiger partial charge in [0.1, 0.15) is 12.1 Å². The summed E-state index contributed by atoms with van der Waals surface area (Å²) in [5.74, 6) is 1.10. The van der Waals surface area contributed by atoms with Gasteiger partial charge in [0.05, 0.1) is 5.69 Å². The van der Waals surface area contributed by atoms with Crippen LogP contribution < -0.4 is 10.1 Å². The Kier molecular flexibility index (Phi) is 6.50. The molecule has 0 saturated carbocycles. The fourth-order valence-electron chi connectivity index (χ4n) is 3.55. The van der Waals surface area contributed by atoms with Gasteiger partial charge in [-0.05, 0) is 56.4 Å². The van der Waals surface area contributed by atoms with Crippen LogP contribution in [0.2, 0.25) is 0 Å². The molecule has 1 aromatic heterocycles. The number of nitrogens with zero attached hydrogens (tertiary/aromatic N) is 2. The molecule has 3 aromatic rings. The Morgan fingerprint density at radius 1 is 1.00 bits per heavy atom. The molecule has 30 heavy (non-hydrogen) atoms. The van der Waals surface area contributed by atoms with Gasteiger partial charge >= 0.3 is 0 Å². The third kappa shape index (κ3) is 5.32. The van der Waals surface area contributed by atoms with E-state index in [1.54, 1.807) is 6.07 Å². The predicted octanol–water partition coefficient (Wildman–Crippen LogP) is 5.56. The lowest BCUT2D eigenvalue weighted by molar-refractivity contribution is 0.0954. The number of carbonyl (C=O) groups is 1. The van der Waals surface area contributed by atoms with Crippen LogP contribution in [0.5, 0.6) is 11.6 Å². The Morgan fingerprint density at radius 3 is 2.73 bits per heavy atom. The van der Waals surface area contributed by atoms with Crippen LogP contribution in [0.1, 0.15) is 42.5 Å². The van der Waals surface area contributed by atoms with Crippen molar-refractivity contribution in [2.45, 2.75) is 32.1 Å². The molecule has 0 unspecified atom stereocenters. The summed E-state index contributed by atoms with van der Waals surface area (Å²) in [6, 6.07) is 18.7. The SMILES string of the molecule is O=C(NCCC1=CCCCC1)c1cccc(-c2cc(Oc3ccccc3)ncn2)c1. The number of ether oxygens (including phenoxy) is 1. The molecule has 0 spiro atoms. The van der Waals surface area contributed by atoms with Gasteiger partial charge in [0.25, 0.3) is 5.91 Å². The average Bonchev–Trinajstić information content (AvgIpc) is 2.81. The van der Waals surface area contributed by atoms with Gasteiger partial charge in [-0.1, -0.05) is 42.0 Å². The number of aromatic nitrogens is 2. The van der Waals surface area contributed by atoms with E-state index in [4.69, 9.17) is 4.74 Å². The topological polar surface area (TPSA) is 64.1 Å². The Morgan fingerprint density at radius 2 is 1.90 bits per heavy atom. The summed E-state index contributed by atoms with van der Waals surface area (Å²) in [6.07, 6.45) is 9.59. The van der Waals surface area contributed by atoms with Crippen LogP contribution in [-0.4, -0.2) is 22.4 Å². The maximum Gasteiger partial charge on any atom is 0.251 e. The number of amides is 1. The maximum absolute atomic E-state index is 12.6. The minimum Gasteiger partial charge on any atom is -0.439 e. The molecule has 2 aromatic carbocycles. The first-order valence-electron chi connectivity index (χ1n) is 10.4. The summed E-state index contributed by atoms with van der Waals surface area (Å²) >= 11 is 0. The molecule has 0 bridgehead atoms. The molecule has 4 rings (SSSR count). The molecule has 152 valence electrons. The summed E-state index contributed by atoms with van der Waals surface area (Å²) in [5.41, 5.74) is 3.63. The van der Waals surface area contributed by atoms with E-state index in [0.29, 0.717) is 29.4 Å². The monoisotopic (exact) mass is 399 g/mol. The summed E-state index contributed by atoms with van der Waals surface area (Å²) in [7, 11) is 0. The zero-order valence-electron chi connectivity index (χ0n) is 16.9. The van der Waals surface area contributed by atoms with Crippen LogP contribution in [0.4, 0.5) is 0 Å². The summed E-state index contributed by atoms with van der Waals surface area (Å²) in [6.45, 7) is 0.664. The smallest absolute Gasteiger partial charge is 0.251 e. The molecule has 0 atom stereocenters. The van der Waals surface area contributed by atoms with Crippen molar-refractivity contribution >= 4 is 5.91 Å². The van der Waals surface area contributed by atoms with Crippen LogP contribution in [0.25, 0.3) is 11.3 Å². The zero-order valence-corrected chi connectivity index (χ0v) is 16.9. The van der Waals surface area contributed by atoms with Crippen molar-refractivity contribution in [3.05, 3.63) is 84.2 Å². The molecule has 1 amide bonds. The van der Waals surface area contributed by atoms with E-state index in [1.165, 1.54) is 31.2 Å². The molecular weight excluding hydrogens is 374 g/mol. The standard InChI is InChI=1S/C25H25N3O2/c29-25(26-15-14-19-8-3-1-4-9-19)21-11-7-10-20(16-21)23-17-24(28-18-27-23)30-22-12-5-2-6-13-22/h2,5-8,10-13,16-18H,1,3-4,9,14-15H2,(H,26,29). The third-order valence-corrected chi connectivity index (χ3v) is 5.14. The lowest BCUT2D eigenvalue weighted by Gasteiger charge is -2.13. The number of hydrogen-bond donors (Lipinski definition) is 1. The fraction of sp³-hybridized carbons (Fsp3) is 0.240. The van der Waals surface area contributed by atoms with Gasteiger partial charge in [-0.25, -0.2) is 9.97 Å². The zero-order chi connectivity index (χ0) is 20.6. The average molecular weight is 399 g/mol. The first-order valence-corrected chi connectivity index (χ1v) is 10.4. The van der Waals surface area contributed by atoms with Crippen molar-refractivity contribution in [1.82, 2.24) is 15.3 Å². The number of allylic oxidation sites excluding steroid dienone is 1. The highest BCUT2D eigenvalue weighted by Crippen LogP contribution is 2.24. The summed E-state index contributed by atoms with van der Waals surface area (Å²) in [5, 5.41) is 3.03. The highest BCUT2D eigenvalue weighted by molar-refractivity contribution is 5.95. The van der Waals surface area contributed by atoms with Gasteiger partial charge in [-0.2, -0.15) is 0 Å². The van der Waals surface area contributed by atoms with Crippen molar-refractivity contribution in [2.75, 3.05) is 6.54 Å². The summed E-state index contributed by atoms with van der Waals surface area (Å²) < 4.78 is 5.79. The highest BCUT2D eigenvalue weighted by Gasteiger charge is 2.10. The lowest BCUT2D eigenvalue weighted by Crippen LogP contribution is -2.24. The van der Waals surface area contributed by atoms with E-state index < -0.39 is 0 Å². The molecule has 1 N–H and O–H groups in total. The van der Waals surface area contributed by atoms with Gasteiger partial charge in [-0.15, -0.1) is 0 Å². The van der Waals surface area contributed by atoms with Crippen LogP contribution in [-0.2, 0) is 0 Å². The Bertz CT molecular complexity index is 1030. The van der Waals surface area contributed by atoms with Gasteiger partial charge in [0, 0.05) is 23.7 Å². The van der Waals surface area contributed by atoms with E-state index >= 15 is 0 Å². The second-order valence-corrected chi connectivity index (χ2v) is 7.35. The van der Waals surface area contributed by atoms with E-state index in [2.05, 4.69) is 21.4 Å². The maximum atomic E-state index is 12.6. The molecule has 5 heteroatoms. The van der Waals surface area contributed by atoms with Crippen molar-refractivity contribution in [1.29, 1.82) is 0 Å². The van der Waals surface area contributed by atoms with Crippen molar-refractivity contribution in [3.63, 3.8) is 0 Å². The minimum absolute atomic E-state index is 0.0666. The first kappa shape index (κ1) is 19.8. The van der Waals surface area contributed by atoms with Gasteiger partial charge in [-0.3, -0.25) is 4.79 Å². The number of carbonyl (C=O) groups excluding carboxylic acids is 1. The third-order valence-electron chi connectivity index (χ3n) is 5.14. The van der Waals surface area contributed by atoms with Crippen molar-refractivity contribution in [3.8, 4) is 22.9 Å². The van der Waals surface area contributed by atoms with Crippen molar-refractivity contribution < 1.29 is 9.53 Å². The Labute approximate surface area is 176 Å². The summed E-state index contributed by atoms with van der Waals surface area (Å²) in [4.78, 5) is 21.1. The lowest BCUT2D eigenvalue weighted by atomic mass is 9.97. The van der Waals surface area contributed by atoms with E-state index in [1.807, 2.05) is 54.6 Å². The highest BCUT2D eigenvalue weighted by atomic mass is 16.5. The number of nitrogens with one attached hydrogen (secondary N) is 1. The fourth-order valence-corrected chi connectivity index (χ4v) is 3.55. The van der Waals surface area contributed by atoms with Gasteiger partial charge in [0.2, 0.25) is 5.88 Å². The normalized spacial score (nSPS) is 13.4. The van der Waals surface area contributed by atoms with Crippen LogP contribution in [0, 0.1) is 0 Å². The molecule has 1 aliphatic carbocycles. The van der Waals surface area contributed by atoms with Crippen molar-refractivity contribution in [2.24, 2.45) is 0 Å².